The van der Waals surface area contributed by atoms with Gasteiger partial charge in [-0.3, -0.25) is 9.59 Å². The van der Waals surface area contributed by atoms with Crippen LogP contribution in [0.4, 0.5) is 0 Å². The van der Waals surface area contributed by atoms with Crippen LogP contribution in [-0.2, 0) is 23.8 Å². The Balaban J connectivity index is 4.16. The first kappa shape index (κ1) is 68.9. The molecule has 0 heterocycles. The second kappa shape index (κ2) is 62.2. The van der Waals surface area contributed by atoms with Crippen LogP contribution in [0.3, 0.4) is 0 Å². The molecule has 0 aromatic heterocycles. The molecule has 0 saturated heterocycles. The number of rotatable bonds is 62. The molecule has 0 fully saturated rings. The van der Waals surface area contributed by atoms with Gasteiger partial charge in [0.15, 0.2) is 6.10 Å². The standard InChI is InChI=1S/C65H128O5/c1-4-7-10-13-16-19-22-25-28-30-32-34-36-39-42-45-48-51-54-57-60-68-61-63(70-65(67)59-56-53-50-47-44-41-37-27-24-21-18-15-12-9-6-3)62-69-64(66)58-55-52-49-46-43-40-38-35-33-31-29-26-23-20-17-14-11-8-5-2/h63H,4-62H2,1-3H3. The van der Waals surface area contributed by atoms with Gasteiger partial charge in [0.1, 0.15) is 6.61 Å². The normalized spacial score (nSPS) is 12.0. The summed E-state index contributed by atoms with van der Waals surface area (Å²) in [6, 6.07) is 0. The maximum atomic E-state index is 12.9. The molecular formula is C65H128O5. The van der Waals surface area contributed by atoms with E-state index in [-0.39, 0.29) is 18.5 Å². The summed E-state index contributed by atoms with van der Waals surface area (Å²) >= 11 is 0. The molecule has 0 N–H and O–H groups in total. The number of unbranched alkanes of at least 4 members (excludes halogenated alkanes) is 51. The number of ether oxygens (including phenoxy) is 3. The fourth-order valence-electron chi connectivity index (χ4n) is 10.3. The van der Waals surface area contributed by atoms with Gasteiger partial charge in [0.2, 0.25) is 0 Å². The zero-order valence-electron chi connectivity index (χ0n) is 48.3. The molecule has 5 nitrogen and oxygen atoms in total. The Bertz CT molecular complexity index is 983. The quantitative estimate of drug-likeness (QED) is 0.0449. The predicted molar refractivity (Wildman–Crippen MR) is 307 cm³/mol. The molecule has 1 unspecified atom stereocenters. The Morgan fingerprint density at radius 2 is 0.471 bits per heavy atom. The summed E-state index contributed by atoms with van der Waals surface area (Å²) in [5.41, 5.74) is 0. The molecule has 0 spiro atoms. The molecule has 0 saturated carbocycles. The van der Waals surface area contributed by atoms with Crippen LogP contribution < -0.4 is 0 Å². The highest BCUT2D eigenvalue weighted by Crippen LogP contribution is 2.19. The molecule has 0 rings (SSSR count). The Labute approximate surface area is 440 Å². The van der Waals surface area contributed by atoms with Gasteiger partial charge in [-0.25, -0.2) is 0 Å². The largest absolute Gasteiger partial charge is 0.462 e. The van der Waals surface area contributed by atoms with Crippen molar-refractivity contribution >= 4 is 11.9 Å². The van der Waals surface area contributed by atoms with Gasteiger partial charge in [0.05, 0.1) is 6.61 Å². The van der Waals surface area contributed by atoms with E-state index in [2.05, 4.69) is 20.8 Å². The van der Waals surface area contributed by atoms with Crippen LogP contribution in [0.1, 0.15) is 380 Å². The molecule has 0 aliphatic rings. The van der Waals surface area contributed by atoms with E-state index in [9.17, 15) is 9.59 Å². The zero-order chi connectivity index (χ0) is 50.6. The highest BCUT2D eigenvalue weighted by Gasteiger charge is 2.18. The van der Waals surface area contributed by atoms with Crippen molar-refractivity contribution in [1.29, 1.82) is 0 Å². The lowest BCUT2D eigenvalue weighted by molar-refractivity contribution is -0.163. The highest BCUT2D eigenvalue weighted by molar-refractivity contribution is 5.70. The third-order valence-electron chi connectivity index (χ3n) is 15.1. The van der Waals surface area contributed by atoms with Crippen LogP contribution in [-0.4, -0.2) is 37.9 Å². The zero-order valence-corrected chi connectivity index (χ0v) is 48.3. The van der Waals surface area contributed by atoms with Crippen molar-refractivity contribution in [2.75, 3.05) is 19.8 Å². The van der Waals surface area contributed by atoms with E-state index in [0.717, 1.165) is 32.1 Å². The Kier molecular flexibility index (Phi) is 61.2. The fraction of sp³-hybridized carbons (Fsp3) is 0.969. The minimum absolute atomic E-state index is 0.0990. The summed E-state index contributed by atoms with van der Waals surface area (Å²) in [5, 5.41) is 0. The van der Waals surface area contributed by atoms with E-state index in [1.165, 1.54) is 315 Å². The van der Waals surface area contributed by atoms with E-state index in [4.69, 9.17) is 14.2 Å². The van der Waals surface area contributed by atoms with Crippen LogP contribution in [0, 0.1) is 0 Å². The molecule has 5 heteroatoms. The third-order valence-corrected chi connectivity index (χ3v) is 15.1. The minimum Gasteiger partial charge on any atom is -0.462 e. The number of esters is 2. The Hall–Kier alpha value is -1.10. The van der Waals surface area contributed by atoms with E-state index in [0.29, 0.717) is 26.1 Å². The first-order chi connectivity index (χ1) is 34.6. The average Bonchev–Trinajstić information content (AvgIpc) is 3.36. The second-order valence-corrected chi connectivity index (χ2v) is 22.4. The molecule has 0 aromatic rings. The van der Waals surface area contributed by atoms with Crippen molar-refractivity contribution in [1.82, 2.24) is 0 Å². The summed E-state index contributed by atoms with van der Waals surface area (Å²) in [7, 11) is 0. The molecule has 0 aliphatic carbocycles. The van der Waals surface area contributed by atoms with Crippen molar-refractivity contribution < 1.29 is 23.8 Å². The van der Waals surface area contributed by atoms with Gasteiger partial charge in [0.25, 0.3) is 0 Å². The molecular weight excluding hydrogens is 861 g/mol. The molecule has 0 aliphatic heterocycles. The van der Waals surface area contributed by atoms with Crippen molar-refractivity contribution in [3.8, 4) is 0 Å². The molecule has 0 radical (unpaired) electrons. The van der Waals surface area contributed by atoms with Gasteiger partial charge in [-0.15, -0.1) is 0 Å². The van der Waals surface area contributed by atoms with Crippen LogP contribution >= 0.6 is 0 Å². The summed E-state index contributed by atoms with van der Waals surface area (Å²) in [6.45, 7) is 7.95. The van der Waals surface area contributed by atoms with Crippen molar-refractivity contribution in [2.24, 2.45) is 0 Å². The van der Waals surface area contributed by atoms with Crippen LogP contribution in [0.5, 0.6) is 0 Å². The first-order valence-electron chi connectivity index (χ1n) is 32.6. The van der Waals surface area contributed by atoms with E-state index in [1.54, 1.807) is 0 Å². The maximum Gasteiger partial charge on any atom is 0.306 e. The van der Waals surface area contributed by atoms with Crippen LogP contribution in [0.25, 0.3) is 0 Å². The fourth-order valence-corrected chi connectivity index (χ4v) is 10.3. The predicted octanol–water partition coefficient (Wildman–Crippen LogP) is 22.4. The Morgan fingerprint density at radius 3 is 0.729 bits per heavy atom. The lowest BCUT2D eigenvalue weighted by Gasteiger charge is -2.18. The number of hydrogen-bond donors (Lipinski definition) is 0. The topological polar surface area (TPSA) is 61.8 Å². The van der Waals surface area contributed by atoms with E-state index >= 15 is 0 Å². The highest BCUT2D eigenvalue weighted by atomic mass is 16.6. The molecule has 0 aromatic carbocycles. The van der Waals surface area contributed by atoms with Gasteiger partial charge >= 0.3 is 11.9 Å². The van der Waals surface area contributed by atoms with Crippen molar-refractivity contribution in [3.05, 3.63) is 0 Å². The SMILES string of the molecule is CCCCCCCCCCCCCCCCCCCCCCOCC(COC(=O)CCCCCCCCCCCCCCCCCCCCC)OC(=O)CCCCCCCCCCCCCCCCC. The lowest BCUT2D eigenvalue weighted by Crippen LogP contribution is -2.30. The molecule has 0 amide bonds. The summed E-state index contributed by atoms with van der Waals surface area (Å²) < 4.78 is 17.6. The Morgan fingerprint density at radius 1 is 0.257 bits per heavy atom. The van der Waals surface area contributed by atoms with Gasteiger partial charge < -0.3 is 14.2 Å². The van der Waals surface area contributed by atoms with Gasteiger partial charge in [-0.05, 0) is 19.3 Å². The average molecular weight is 990 g/mol. The number of carbonyl (C=O) groups is 2. The monoisotopic (exact) mass is 989 g/mol. The second-order valence-electron chi connectivity index (χ2n) is 22.4. The minimum atomic E-state index is -0.525. The summed E-state index contributed by atoms with van der Waals surface area (Å²) in [5.74, 6) is -0.360. The van der Waals surface area contributed by atoms with Gasteiger partial charge in [0, 0.05) is 19.4 Å². The summed E-state index contributed by atoms with van der Waals surface area (Å²) in [4.78, 5) is 25.6. The van der Waals surface area contributed by atoms with Crippen molar-refractivity contribution in [3.63, 3.8) is 0 Å². The smallest absolute Gasteiger partial charge is 0.306 e. The molecule has 0 bridgehead atoms. The molecule has 1 atom stereocenters. The molecule has 70 heavy (non-hydrogen) atoms. The van der Waals surface area contributed by atoms with Crippen LogP contribution in [0.15, 0.2) is 0 Å². The summed E-state index contributed by atoms with van der Waals surface area (Å²) in [6.07, 6.45) is 72.9. The van der Waals surface area contributed by atoms with E-state index < -0.39 is 6.10 Å². The first-order valence-corrected chi connectivity index (χ1v) is 32.6. The third kappa shape index (κ3) is 59.5. The van der Waals surface area contributed by atoms with Crippen LogP contribution in [0.2, 0.25) is 0 Å². The molecule has 418 valence electrons. The maximum absolute atomic E-state index is 12.9. The number of hydrogen-bond acceptors (Lipinski definition) is 5. The van der Waals surface area contributed by atoms with E-state index in [1.807, 2.05) is 0 Å². The van der Waals surface area contributed by atoms with Gasteiger partial charge in [-0.2, -0.15) is 0 Å². The van der Waals surface area contributed by atoms with Gasteiger partial charge in [-0.1, -0.05) is 348 Å². The lowest BCUT2D eigenvalue weighted by atomic mass is 10.0. The van der Waals surface area contributed by atoms with Crippen molar-refractivity contribution in [2.45, 2.75) is 386 Å². The number of carbonyl (C=O) groups excluding carboxylic acids is 2.